The van der Waals surface area contributed by atoms with Crippen LogP contribution in [0, 0.1) is 15.9 Å². The molecule has 7 heteroatoms. The molecule has 0 aliphatic carbocycles. The zero-order valence-corrected chi connectivity index (χ0v) is 11.1. The molecule has 2 aromatic rings. The number of hydrogen-bond acceptors (Lipinski definition) is 3. The van der Waals surface area contributed by atoms with Gasteiger partial charge >= 0.3 is 0 Å². The number of hydrogen-bond donors (Lipinski definition) is 2. The van der Waals surface area contributed by atoms with E-state index in [1.807, 2.05) is 20.2 Å². The largest absolute Gasteiger partial charge is 0.384 e. The molecule has 0 amide bonds. The highest BCUT2D eigenvalue weighted by atomic mass is 127. The lowest BCUT2D eigenvalue weighted by Crippen LogP contribution is -2.16. The number of amidine groups is 1. The van der Waals surface area contributed by atoms with Gasteiger partial charge in [-0.05, 0) is 29.5 Å². The molecule has 0 spiro atoms. The van der Waals surface area contributed by atoms with Gasteiger partial charge in [0.1, 0.15) is 5.84 Å². The minimum Gasteiger partial charge on any atom is -0.384 e. The molecule has 0 aromatic carbocycles. The molecular weight excluding hydrogens is 319 g/mol. The van der Waals surface area contributed by atoms with E-state index in [1.54, 1.807) is 15.6 Å². The third kappa shape index (κ3) is 1.70. The first-order valence-electron chi connectivity index (χ1n) is 4.59. The van der Waals surface area contributed by atoms with Gasteiger partial charge in [0, 0.05) is 13.2 Å². The highest BCUT2D eigenvalue weighted by Crippen LogP contribution is 2.17. The van der Waals surface area contributed by atoms with Gasteiger partial charge in [-0.3, -0.25) is 10.1 Å². The van der Waals surface area contributed by atoms with Crippen molar-refractivity contribution in [1.29, 1.82) is 5.41 Å². The first kappa shape index (κ1) is 11.1. The maximum atomic E-state index is 7.57. The monoisotopic (exact) mass is 330 g/mol. The van der Waals surface area contributed by atoms with E-state index in [4.69, 9.17) is 11.1 Å². The fourth-order valence-electron chi connectivity index (χ4n) is 1.64. The van der Waals surface area contributed by atoms with Crippen molar-refractivity contribution in [2.45, 2.75) is 6.92 Å². The van der Waals surface area contributed by atoms with Gasteiger partial charge in [0.2, 0.25) is 0 Å². The van der Waals surface area contributed by atoms with Crippen LogP contribution in [-0.4, -0.2) is 25.4 Å². The number of halogens is 1. The maximum absolute atomic E-state index is 7.57. The van der Waals surface area contributed by atoms with Crippen molar-refractivity contribution in [3.63, 3.8) is 0 Å². The van der Waals surface area contributed by atoms with Crippen LogP contribution in [0.15, 0.2) is 12.4 Å². The lowest BCUT2D eigenvalue weighted by Gasteiger charge is -2.04. The van der Waals surface area contributed by atoms with E-state index in [0.717, 1.165) is 9.26 Å². The third-order valence-corrected chi connectivity index (χ3v) is 2.79. The summed E-state index contributed by atoms with van der Waals surface area (Å²) in [7, 11) is 1.81. The van der Waals surface area contributed by atoms with E-state index in [9.17, 15) is 0 Å². The molecule has 2 rings (SSSR count). The summed E-state index contributed by atoms with van der Waals surface area (Å²) in [5.74, 6) is 0.721. The SMILES string of the molecule is Cc1nn(C)c(-n2cc(I)cn2)c1C(=N)N. The number of rotatable bonds is 2. The Morgan fingerprint density at radius 2 is 2.25 bits per heavy atom. The third-order valence-electron chi connectivity index (χ3n) is 2.23. The van der Waals surface area contributed by atoms with Crippen LogP contribution < -0.4 is 5.73 Å². The minimum atomic E-state index is 0.00566. The Kier molecular flexibility index (Phi) is 2.70. The second kappa shape index (κ2) is 3.89. The van der Waals surface area contributed by atoms with Gasteiger partial charge in [-0.2, -0.15) is 10.2 Å². The Morgan fingerprint density at radius 3 is 2.75 bits per heavy atom. The van der Waals surface area contributed by atoms with Crippen molar-refractivity contribution in [2.75, 3.05) is 0 Å². The number of nitrogens with zero attached hydrogens (tertiary/aromatic N) is 4. The van der Waals surface area contributed by atoms with Crippen LogP contribution in [0.5, 0.6) is 0 Å². The summed E-state index contributed by atoms with van der Waals surface area (Å²) in [5.41, 5.74) is 6.92. The molecular formula is C9H11IN6. The van der Waals surface area contributed by atoms with Gasteiger partial charge in [-0.1, -0.05) is 0 Å². The molecule has 0 saturated heterocycles. The normalized spacial score (nSPS) is 10.7. The summed E-state index contributed by atoms with van der Waals surface area (Å²) >= 11 is 2.18. The van der Waals surface area contributed by atoms with Crippen molar-refractivity contribution >= 4 is 28.4 Å². The summed E-state index contributed by atoms with van der Waals surface area (Å²) in [6.07, 6.45) is 3.61. The number of nitrogens with two attached hydrogens (primary N) is 1. The highest BCUT2D eigenvalue weighted by Gasteiger charge is 2.17. The van der Waals surface area contributed by atoms with Crippen molar-refractivity contribution in [3.05, 3.63) is 27.2 Å². The van der Waals surface area contributed by atoms with Gasteiger partial charge in [0.25, 0.3) is 0 Å². The molecule has 16 heavy (non-hydrogen) atoms. The Balaban J connectivity index is 2.68. The smallest absolute Gasteiger partial charge is 0.162 e. The standard InChI is InChI=1S/C9H11IN6/c1-5-7(8(11)12)9(15(2)14-5)16-4-6(10)3-13-16/h3-4H,1-2H3,(H3,11,12). The Hall–Kier alpha value is -1.38. The second-order valence-electron chi connectivity index (χ2n) is 3.42. The second-order valence-corrected chi connectivity index (χ2v) is 4.67. The zero-order valence-electron chi connectivity index (χ0n) is 8.90. The first-order valence-corrected chi connectivity index (χ1v) is 5.67. The Labute approximate surface area is 106 Å². The van der Waals surface area contributed by atoms with Crippen LogP contribution in [-0.2, 0) is 7.05 Å². The van der Waals surface area contributed by atoms with Crippen LogP contribution >= 0.6 is 22.6 Å². The van der Waals surface area contributed by atoms with Gasteiger partial charge in [-0.25, -0.2) is 4.68 Å². The lowest BCUT2D eigenvalue weighted by molar-refractivity contribution is 0.693. The fraction of sp³-hybridized carbons (Fsp3) is 0.222. The van der Waals surface area contributed by atoms with Crippen molar-refractivity contribution in [2.24, 2.45) is 12.8 Å². The molecule has 84 valence electrons. The van der Waals surface area contributed by atoms with Gasteiger partial charge in [0.15, 0.2) is 5.82 Å². The molecule has 3 N–H and O–H groups in total. The molecule has 2 aromatic heterocycles. The fourth-order valence-corrected chi connectivity index (χ4v) is 2.03. The molecule has 0 unspecified atom stereocenters. The molecule has 0 radical (unpaired) electrons. The summed E-state index contributed by atoms with van der Waals surface area (Å²) in [6, 6.07) is 0. The lowest BCUT2D eigenvalue weighted by atomic mass is 10.2. The minimum absolute atomic E-state index is 0.00566. The molecule has 0 aliphatic rings. The molecule has 0 saturated carbocycles. The van der Waals surface area contributed by atoms with Crippen LogP contribution in [0.25, 0.3) is 5.82 Å². The summed E-state index contributed by atoms with van der Waals surface area (Å²) in [5, 5.41) is 16.0. The highest BCUT2D eigenvalue weighted by molar-refractivity contribution is 14.1. The summed E-state index contributed by atoms with van der Waals surface area (Å²) < 4.78 is 4.37. The topological polar surface area (TPSA) is 85.5 Å². The average Bonchev–Trinajstić information content (AvgIpc) is 2.69. The number of aryl methyl sites for hydroxylation is 2. The molecule has 0 aliphatic heterocycles. The molecule has 0 fully saturated rings. The van der Waals surface area contributed by atoms with Crippen LogP contribution in [0.4, 0.5) is 0 Å². The maximum Gasteiger partial charge on any atom is 0.162 e. The van der Waals surface area contributed by atoms with E-state index in [-0.39, 0.29) is 5.84 Å². The number of aromatic nitrogens is 4. The predicted octanol–water partition coefficient (Wildman–Crippen LogP) is 0.803. The van der Waals surface area contributed by atoms with E-state index in [0.29, 0.717) is 11.4 Å². The average molecular weight is 330 g/mol. The Bertz CT molecular complexity index is 552. The first-order chi connectivity index (χ1) is 7.50. The van der Waals surface area contributed by atoms with Gasteiger partial charge in [-0.15, -0.1) is 0 Å². The van der Waals surface area contributed by atoms with Gasteiger partial charge in [0.05, 0.1) is 21.0 Å². The molecule has 0 atom stereocenters. The van der Waals surface area contributed by atoms with Crippen molar-refractivity contribution < 1.29 is 0 Å². The summed E-state index contributed by atoms with van der Waals surface area (Å²) in [6.45, 7) is 1.83. The number of nitrogens with one attached hydrogen (secondary N) is 1. The van der Waals surface area contributed by atoms with Crippen molar-refractivity contribution in [3.8, 4) is 5.82 Å². The van der Waals surface area contributed by atoms with E-state index in [1.165, 1.54) is 0 Å². The number of nitrogen functional groups attached to an aromatic ring is 1. The summed E-state index contributed by atoms with van der Waals surface area (Å²) in [4.78, 5) is 0. The van der Waals surface area contributed by atoms with Crippen LogP contribution in [0.2, 0.25) is 0 Å². The zero-order chi connectivity index (χ0) is 11.9. The molecule has 2 heterocycles. The quantitative estimate of drug-likeness (QED) is 0.485. The van der Waals surface area contributed by atoms with Crippen LogP contribution in [0.3, 0.4) is 0 Å². The predicted molar refractivity (Wildman–Crippen MR) is 68.8 cm³/mol. The van der Waals surface area contributed by atoms with E-state index < -0.39 is 0 Å². The van der Waals surface area contributed by atoms with E-state index in [2.05, 4.69) is 32.8 Å². The van der Waals surface area contributed by atoms with E-state index >= 15 is 0 Å². The van der Waals surface area contributed by atoms with Crippen LogP contribution in [0.1, 0.15) is 11.3 Å². The molecule has 6 nitrogen and oxygen atoms in total. The van der Waals surface area contributed by atoms with Gasteiger partial charge < -0.3 is 5.73 Å². The van der Waals surface area contributed by atoms with Crippen molar-refractivity contribution in [1.82, 2.24) is 19.6 Å². The molecule has 0 bridgehead atoms. The Morgan fingerprint density at radius 1 is 1.56 bits per heavy atom.